The van der Waals surface area contributed by atoms with Crippen LogP contribution in [0.3, 0.4) is 0 Å². The van der Waals surface area contributed by atoms with E-state index in [1.165, 1.54) is 27.5 Å². The predicted octanol–water partition coefficient (Wildman–Crippen LogP) is 4.44. The van der Waals surface area contributed by atoms with Gasteiger partial charge >= 0.3 is 0 Å². The molecular weight excluding hydrogens is 246 g/mol. The lowest BCUT2D eigenvalue weighted by Crippen LogP contribution is -2.21. The van der Waals surface area contributed by atoms with E-state index in [0.29, 0.717) is 0 Å². The molecule has 1 N–H and O–H groups in total. The van der Waals surface area contributed by atoms with Crippen LogP contribution in [0.2, 0.25) is 0 Å². The first-order valence-electron chi connectivity index (χ1n) is 7.05. The van der Waals surface area contributed by atoms with Crippen molar-refractivity contribution in [1.82, 2.24) is 5.32 Å². The van der Waals surface area contributed by atoms with Crippen molar-refractivity contribution < 1.29 is 4.42 Å². The van der Waals surface area contributed by atoms with Crippen LogP contribution >= 0.6 is 0 Å². The van der Waals surface area contributed by atoms with Crippen LogP contribution in [-0.4, -0.2) is 6.54 Å². The summed E-state index contributed by atoms with van der Waals surface area (Å²) in [4.78, 5) is 0. The second kappa shape index (κ2) is 5.51. The molecule has 0 aliphatic heterocycles. The lowest BCUT2D eigenvalue weighted by Gasteiger charge is -2.19. The predicted molar refractivity (Wildman–Crippen MR) is 82.9 cm³/mol. The molecule has 1 atom stereocenters. The van der Waals surface area contributed by atoms with Gasteiger partial charge in [-0.05, 0) is 41.4 Å². The van der Waals surface area contributed by atoms with E-state index in [2.05, 4.69) is 55.6 Å². The van der Waals surface area contributed by atoms with Crippen LogP contribution < -0.4 is 5.32 Å². The fourth-order valence-electron chi connectivity index (χ4n) is 2.78. The second-order valence-corrected chi connectivity index (χ2v) is 5.06. The molecule has 3 aromatic rings. The van der Waals surface area contributed by atoms with Crippen molar-refractivity contribution in [1.29, 1.82) is 0 Å². The molecule has 0 saturated heterocycles. The molecule has 2 nitrogen and oxygen atoms in total. The lowest BCUT2D eigenvalue weighted by atomic mass is 9.93. The Kier molecular flexibility index (Phi) is 3.57. The zero-order chi connectivity index (χ0) is 13.9. The highest BCUT2D eigenvalue weighted by Crippen LogP contribution is 2.30. The van der Waals surface area contributed by atoms with Gasteiger partial charge in [0.2, 0.25) is 0 Å². The largest absolute Gasteiger partial charge is 0.472 e. The van der Waals surface area contributed by atoms with Crippen LogP contribution in [0.4, 0.5) is 0 Å². The van der Waals surface area contributed by atoms with Crippen LogP contribution in [0.15, 0.2) is 59.4 Å². The van der Waals surface area contributed by atoms with E-state index in [-0.39, 0.29) is 6.04 Å². The maximum absolute atomic E-state index is 5.26. The summed E-state index contributed by atoms with van der Waals surface area (Å²) >= 11 is 0. The molecule has 0 aliphatic carbocycles. The average Bonchev–Trinajstić information content (AvgIpc) is 3.00. The minimum absolute atomic E-state index is 0.171. The van der Waals surface area contributed by atoms with E-state index in [1.54, 1.807) is 6.26 Å². The van der Waals surface area contributed by atoms with Gasteiger partial charge in [-0.2, -0.15) is 0 Å². The summed E-state index contributed by atoms with van der Waals surface area (Å²) in [6.45, 7) is 5.20. The quantitative estimate of drug-likeness (QED) is 0.754. The van der Waals surface area contributed by atoms with Crippen molar-refractivity contribution in [2.45, 2.75) is 19.9 Å². The Balaban J connectivity index is 2.19. The van der Waals surface area contributed by atoms with Crippen LogP contribution in [0, 0.1) is 6.92 Å². The van der Waals surface area contributed by atoms with E-state index >= 15 is 0 Å². The van der Waals surface area contributed by atoms with Gasteiger partial charge in [-0.3, -0.25) is 0 Å². The van der Waals surface area contributed by atoms with Gasteiger partial charge in [0.25, 0.3) is 0 Å². The molecule has 20 heavy (non-hydrogen) atoms. The molecule has 0 bridgehead atoms. The standard InChI is InChI=1S/C18H19NO/c1-3-19-18(14-10-11-20-12-14)17-9-8-13(2)15-6-4-5-7-16(15)17/h4-12,18-19H,3H2,1-2H3. The fourth-order valence-corrected chi connectivity index (χ4v) is 2.78. The van der Waals surface area contributed by atoms with Crippen LogP contribution in [0.25, 0.3) is 10.8 Å². The normalized spacial score (nSPS) is 12.7. The Bertz CT molecular complexity index is 701. The highest BCUT2D eigenvalue weighted by molar-refractivity contribution is 5.89. The van der Waals surface area contributed by atoms with Crippen molar-refractivity contribution >= 4 is 10.8 Å². The van der Waals surface area contributed by atoms with Crippen molar-refractivity contribution in [2.24, 2.45) is 0 Å². The molecule has 2 heteroatoms. The van der Waals surface area contributed by atoms with Crippen molar-refractivity contribution in [2.75, 3.05) is 6.54 Å². The van der Waals surface area contributed by atoms with Gasteiger partial charge < -0.3 is 9.73 Å². The highest BCUT2D eigenvalue weighted by Gasteiger charge is 2.17. The van der Waals surface area contributed by atoms with Gasteiger partial charge in [0.1, 0.15) is 0 Å². The van der Waals surface area contributed by atoms with Gasteiger partial charge in [0.05, 0.1) is 18.6 Å². The smallest absolute Gasteiger partial charge is 0.0953 e. The zero-order valence-corrected chi connectivity index (χ0v) is 11.9. The minimum atomic E-state index is 0.171. The lowest BCUT2D eigenvalue weighted by molar-refractivity contribution is 0.553. The number of aryl methyl sites for hydroxylation is 1. The molecule has 1 heterocycles. The SMILES string of the molecule is CCNC(c1ccoc1)c1ccc(C)c2ccccc12. The Morgan fingerprint density at radius 3 is 2.55 bits per heavy atom. The maximum Gasteiger partial charge on any atom is 0.0953 e. The number of furan rings is 1. The van der Waals surface area contributed by atoms with Crippen molar-refractivity contribution in [3.8, 4) is 0 Å². The van der Waals surface area contributed by atoms with Gasteiger partial charge in [-0.1, -0.05) is 43.3 Å². The summed E-state index contributed by atoms with van der Waals surface area (Å²) in [6.07, 6.45) is 3.55. The van der Waals surface area contributed by atoms with E-state index in [9.17, 15) is 0 Å². The van der Waals surface area contributed by atoms with Crippen LogP contribution in [0.1, 0.15) is 29.7 Å². The van der Waals surface area contributed by atoms with Crippen LogP contribution in [-0.2, 0) is 0 Å². The minimum Gasteiger partial charge on any atom is -0.472 e. The molecule has 1 aromatic heterocycles. The first-order valence-corrected chi connectivity index (χ1v) is 7.05. The Hall–Kier alpha value is -2.06. The molecule has 2 aromatic carbocycles. The van der Waals surface area contributed by atoms with Gasteiger partial charge in [0, 0.05) is 5.56 Å². The zero-order valence-electron chi connectivity index (χ0n) is 11.9. The highest BCUT2D eigenvalue weighted by atomic mass is 16.3. The second-order valence-electron chi connectivity index (χ2n) is 5.06. The Morgan fingerprint density at radius 1 is 1.05 bits per heavy atom. The third kappa shape index (κ3) is 2.23. The Labute approximate surface area is 119 Å². The number of hydrogen-bond acceptors (Lipinski definition) is 2. The summed E-state index contributed by atoms with van der Waals surface area (Å²) in [5.74, 6) is 0. The molecule has 0 spiro atoms. The third-order valence-electron chi connectivity index (χ3n) is 3.77. The summed E-state index contributed by atoms with van der Waals surface area (Å²) in [7, 11) is 0. The summed E-state index contributed by atoms with van der Waals surface area (Å²) in [6, 6.07) is 15.2. The van der Waals surface area contributed by atoms with E-state index in [0.717, 1.165) is 6.54 Å². The first kappa shape index (κ1) is 12.9. The summed E-state index contributed by atoms with van der Waals surface area (Å²) in [5.41, 5.74) is 3.78. The number of hydrogen-bond donors (Lipinski definition) is 1. The molecule has 1 unspecified atom stereocenters. The molecule has 3 rings (SSSR count). The molecule has 0 radical (unpaired) electrons. The summed E-state index contributed by atoms with van der Waals surface area (Å²) in [5, 5.41) is 6.17. The number of benzene rings is 2. The van der Waals surface area contributed by atoms with Crippen molar-refractivity contribution in [3.05, 3.63) is 71.7 Å². The van der Waals surface area contributed by atoms with Crippen molar-refractivity contribution in [3.63, 3.8) is 0 Å². The van der Waals surface area contributed by atoms with E-state index in [4.69, 9.17) is 4.42 Å². The fraction of sp³-hybridized carbons (Fsp3) is 0.222. The third-order valence-corrected chi connectivity index (χ3v) is 3.77. The monoisotopic (exact) mass is 265 g/mol. The Morgan fingerprint density at radius 2 is 1.85 bits per heavy atom. The molecular formula is C18H19NO. The molecule has 0 amide bonds. The van der Waals surface area contributed by atoms with Crippen LogP contribution in [0.5, 0.6) is 0 Å². The van der Waals surface area contributed by atoms with Gasteiger partial charge in [-0.25, -0.2) is 0 Å². The molecule has 0 saturated carbocycles. The number of rotatable bonds is 4. The van der Waals surface area contributed by atoms with E-state index in [1.807, 2.05) is 12.3 Å². The first-order chi connectivity index (χ1) is 9.81. The van der Waals surface area contributed by atoms with E-state index < -0.39 is 0 Å². The number of fused-ring (bicyclic) bond motifs is 1. The summed E-state index contributed by atoms with van der Waals surface area (Å²) < 4.78 is 5.26. The van der Waals surface area contributed by atoms with Gasteiger partial charge in [-0.15, -0.1) is 0 Å². The molecule has 0 aliphatic rings. The number of nitrogens with one attached hydrogen (secondary N) is 1. The maximum atomic E-state index is 5.26. The topological polar surface area (TPSA) is 25.2 Å². The molecule has 0 fully saturated rings. The average molecular weight is 265 g/mol. The molecule has 102 valence electrons. The van der Waals surface area contributed by atoms with Gasteiger partial charge in [0.15, 0.2) is 0 Å².